The van der Waals surface area contributed by atoms with E-state index in [0.29, 0.717) is 12.1 Å². The van der Waals surface area contributed by atoms with Crippen molar-refractivity contribution in [1.29, 1.82) is 0 Å². The average Bonchev–Trinajstić information content (AvgIpc) is 2.39. The lowest BCUT2D eigenvalue weighted by molar-refractivity contribution is 0.354. The van der Waals surface area contributed by atoms with E-state index in [1.54, 1.807) is 0 Å². The van der Waals surface area contributed by atoms with Crippen LogP contribution in [0.4, 0.5) is 5.69 Å². The van der Waals surface area contributed by atoms with Crippen molar-refractivity contribution in [2.45, 2.75) is 65.5 Å². The van der Waals surface area contributed by atoms with Gasteiger partial charge in [-0.3, -0.25) is 0 Å². The lowest BCUT2D eigenvalue weighted by Gasteiger charge is -2.43. The number of rotatable bonds is 3. The maximum absolute atomic E-state index is 3.72. The van der Waals surface area contributed by atoms with E-state index in [0.717, 1.165) is 19.0 Å². The average molecular weight is 288 g/mol. The van der Waals surface area contributed by atoms with Crippen LogP contribution in [0.1, 0.15) is 53.5 Å². The molecule has 1 N–H and O–H groups in total. The van der Waals surface area contributed by atoms with Gasteiger partial charge in [-0.1, -0.05) is 52.8 Å². The van der Waals surface area contributed by atoms with Crippen LogP contribution >= 0.6 is 0 Å². The Morgan fingerprint density at radius 1 is 1.24 bits per heavy atom. The van der Waals surface area contributed by atoms with Crippen molar-refractivity contribution in [2.75, 3.05) is 18.0 Å². The molecule has 1 saturated heterocycles. The summed E-state index contributed by atoms with van der Waals surface area (Å²) in [6.45, 7) is 16.1. The first-order valence-electron chi connectivity index (χ1n) is 8.38. The van der Waals surface area contributed by atoms with Crippen molar-refractivity contribution < 1.29 is 0 Å². The molecule has 2 unspecified atom stereocenters. The van der Waals surface area contributed by atoms with Crippen LogP contribution in [-0.4, -0.2) is 25.2 Å². The molecule has 1 fully saturated rings. The Labute approximate surface area is 130 Å². The highest BCUT2D eigenvalue weighted by Crippen LogP contribution is 2.33. The van der Waals surface area contributed by atoms with Crippen molar-refractivity contribution >= 4 is 5.69 Å². The molecule has 0 amide bonds. The second-order valence-electron chi connectivity index (χ2n) is 8.00. The molecule has 0 aromatic heterocycles. The van der Waals surface area contributed by atoms with Gasteiger partial charge in [-0.05, 0) is 36.3 Å². The fourth-order valence-electron chi connectivity index (χ4n) is 3.35. The summed E-state index contributed by atoms with van der Waals surface area (Å²) in [6, 6.07) is 10.1. The van der Waals surface area contributed by atoms with Gasteiger partial charge >= 0.3 is 0 Å². The topological polar surface area (TPSA) is 15.3 Å². The summed E-state index contributed by atoms with van der Waals surface area (Å²) in [5.41, 5.74) is 3.07. The van der Waals surface area contributed by atoms with Gasteiger partial charge in [0.15, 0.2) is 0 Å². The third-order valence-corrected chi connectivity index (χ3v) is 4.43. The van der Waals surface area contributed by atoms with Gasteiger partial charge in [-0.2, -0.15) is 0 Å². The van der Waals surface area contributed by atoms with Gasteiger partial charge in [-0.25, -0.2) is 0 Å². The molecule has 2 atom stereocenters. The summed E-state index contributed by atoms with van der Waals surface area (Å²) in [6.07, 6.45) is 1.25. The molecule has 1 aromatic carbocycles. The standard InChI is InChI=1S/C19H32N2/c1-14(2)11-16-13-21(15(3)12-20-16)18-10-8-7-9-17(18)19(4,5)6/h7-10,14-16,20H,11-13H2,1-6H3. The van der Waals surface area contributed by atoms with Gasteiger partial charge < -0.3 is 10.2 Å². The van der Waals surface area contributed by atoms with Gasteiger partial charge in [0.05, 0.1) is 0 Å². The summed E-state index contributed by atoms with van der Waals surface area (Å²) in [7, 11) is 0. The predicted octanol–water partition coefficient (Wildman–Crippen LogP) is 4.20. The first-order valence-corrected chi connectivity index (χ1v) is 8.38. The Morgan fingerprint density at radius 2 is 1.90 bits per heavy atom. The first-order chi connectivity index (χ1) is 9.79. The van der Waals surface area contributed by atoms with Crippen molar-refractivity contribution in [2.24, 2.45) is 5.92 Å². The van der Waals surface area contributed by atoms with Crippen LogP contribution in [0.2, 0.25) is 0 Å². The molecule has 0 spiro atoms. The van der Waals surface area contributed by atoms with Gasteiger partial charge in [0.2, 0.25) is 0 Å². The second-order valence-corrected chi connectivity index (χ2v) is 8.00. The Kier molecular flexibility index (Phi) is 4.98. The number of para-hydroxylation sites is 1. The predicted molar refractivity (Wildman–Crippen MR) is 93.2 cm³/mol. The first kappa shape index (κ1) is 16.4. The van der Waals surface area contributed by atoms with E-state index < -0.39 is 0 Å². The molecule has 0 aliphatic carbocycles. The number of hydrogen-bond donors (Lipinski definition) is 1. The summed E-state index contributed by atoms with van der Waals surface area (Å²) in [4.78, 5) is 2.62. The van der Waals surface area contributed by atoms with Crippen LogP contribution in [0.15, 0.2) is 24.3 Å². The minimum absolute atomic E-state index is 0.189. The normalized spacial score (nSPS) is 23.7. The molecule has 0 radical (unpaired) electrons. The van der Waals surface area contributed by atoms with E-state index in [2.05, 4.69) is 76.0 Å². The van der Waals surface area contributed by atoms with Crippen molar-refractivity contribution in [3.63, 3.8) is 0 Å². The van der Waals surface area contributed by atoms with E-state index in [1.165, 1.54) is 17.7 Å². The smallest absolute Gasteiger partial charge is 0.0407 e. The monoisotopic (exact) mass is 288 g/mol. The third-order valence-electron chi connectivity index (χ3n) is 4.43. The SMILES string of the molecule is CC(C)CC1CN(c2ccccc2C(C)(C)C)C(C)CN1. The maximum Gasteiger partial charge on any atom is 0.0407 e. The lowest BCUT2D eigenvalue weighted by Crippen LogP contribution is -2.56. The molecular weight excluding hydrogens is 256 g/mol. The van der Waals surface area contributed by atoms with Crippen LogP contribution in [0.25, 0.3) is 0 Å². The van der Waals surface area contributed by atoms with E-state index in [9.17, 15) is 0 Å². The van der Waals surface area contributed by atoms with Crippen LogP contribution in [0, 0.1) is 5.92 Å². The highest BCUT2D eigenvalue weighted by Gasteiger charge is 2.29. The number of hydrogen-bond acceptors (Lipinski definition) is 2. The highest BCUT2D eigenvalue weighted by atomic mass is 15.2. The van der Waals surface area contributed by atoms with Crippen molar-refractivity contribution in [1.82, 2.24) is 5.32 Å². The molecule has 1 aliphatic heterocycles. The number of piperazine rings is 1. The molecular formula is C19H32N2. The van der Waals surface area contributed by atoms with Gasteiger partial charge in [0, 0.05) is 30.9 Å². The minimum atomic E-state index is 0.189. The zero-order valence-corrected chi connectivity index (χ0v) is 14.6. The number of benzene rings is 1. The zero-order valence-electron chi connectivity index (χ0n) is 14.6. The molecule has 21 heavy (non-hydrogen) atoms. The lowest BCUT2D eigenvalue weighted by atomic mass is 9.85. The Morgan fingerprint density at radius 3 is 2.52 bits per heavy atom. The Balaban J connectivity index is 2.27. The molecule has 118 valence electrons. The Hall–Kier alpha value is -1.02. The molecule has 2 nitrogen and oxygen atoms in total. The molecule has 1 heterocycles. The number of anilines is 1. The fraction of sp³-hybridized carbons (Fsp3) is 0.684. The van der Waals surface area contributed by atoms with Gasteiger partial charge in [0.1, 0.15) is 0 Å². The molecule has 0 saturated carbocycles. The van der Waals surface area contributed by atoms with Crippen LogP contribution in [0.3, 0.4) is 0 Å². The summed E-state index contributed by atoms with van der Waals surface area (Å²) in [5, 5.41) is 3.72. The van der Waals surface area contributed by atoms with Crippen LogP contribution < -0.4 is 10.2 Å². The summed E-state index contributed by atoms with van der Waals surface area (Å²) in [5.74, 6) is 0.746. The van der Waals surface area contributed by atoms with Gasteiger partial charge in [0.25, 0.3) is 0 Å². The molecule has 2 heteroatoms. The maximum atomic E-state index is 3.72. The zero-order chi connectivity index (χ0) is 15.6. The largest absolute Gasteiger partial charge is 0.366 e. The second kappa shape index (κ2) is 6.39. The Bertz CT molecular complexity index is 459. The third kappa shape index (κ3) is 4.00. The van der Waals surface area contributed by atoms with Crippen molar-refractivity contribution in [3.05, 3.63) is 29.8 Å². The number of nitrogens with zero attached hydrogens (tertiary/aromatic N) is 1. The van der Waals surface area contributed by atoms with Crippen LogP contribution in [0.5, 0.6) is 0 Å². The fourth-order valence-corrected chi connectivity index (χ4v) is 3.35. The van der Waals surface area contributed by atoms with E-state index in [1.807, 2.05) is 0 Å². The minimum Gasteiger partial charge on any atom is -0.366 e. The summed E-state index contributed by atoms with van der Waals surface area (Å²) >= 11 is 0. The summed E-state index contributed by atoms with van der Waals surface area (Å²) < 4.78 is 0. The van der Waals surface area contributed by atoms with Gasteiger partial charge in [-0.15, -0.1) is 0 Å². The van der Waals surface area contributed by atoms with E-state index >= 15 is 0 Å². The number of nitrogens with one attached hydrogen (secondary N) is 1. The van der Waals surface area contributed by atoms with Crippen molar-refractivity contribution in [3.8, 4) is 0 Å². The molecule has 2 rings (SSSR count). The quantitative estimate of drug-likeness (QED) is 0.897. The van der Waals surface area contributed by atoms with E-state index in [4.69, 9.17) is 0 Å². The van der Waals surface area contributed by atoms with E-state index in [-0.39, 0.29) is 5.41 Å². The molecule has 0 bridgehead atoms. The molecule has 1 aromatic rings. The van der Waals surface area contributed by atoms with Crippen LogP contribution in [-0.2, 0) is 5.41 Å². The molecule has 1 aliphatic rings. The highest BCUT2D eigenvalue weighted by molar-refractivity contribution is 5.57.